The van der Waals surface area contributed by atoms with Crippen LogP contribution in [0.15, 0.2) is 0 Å². The second-order valence-corrected chi connectivity index (χ2v) is 5.10. The Balaban J connectivity index is 2.15. The van der Waals surface area contributed by atoms with Crippen molar-refractivity contribution in [3.05, 3.63) is 0 Å². The summed E-state index contributed by atoms with van der Waals surface area (Å²) >= 11 is 0. The van der Waals surface area contributed by atoms with Gasteiger partial charge in [0.25, 0.3) is 0 Å². The average Bonchev–Trinajstić information content (AvgIpc) is 2.82. The molecule has 0 aromatic heterocycles. The van der Waals surface area contributed by atoms with E-state index in [-0.39, 0.29) is 0 Å². The van der Waals surface area contributed by atoms with Gasteiger partial charge in [-0.05, 0) is 42.9 Å². The molecule has 4 atom stereocenters. The van der Waals surface area contributed by atoms with E-state index < -0.39 is 0 Å². The van der Waals surface area contributed by atoms with Gasteiger partial charge in [0.15, 0.2) is 0 Å². The molecule has 0 bridgehead atoms. The van der Waals surface area contributed by atoms with Crippen LogP contribution < -0.4 is 0 Å². The van der Waals surface area contributed by atoms with E-state index >= 15 is 0 Å². The highest BCUT2D eigenvalue weighted by molar-refractivity contribution is 4.83. The van der Waals surface area contributed by atoms with Crippen LogP contribution in [0.1, 0.15) is 59.8 Å². The Kier molecular flexibility index (Phi) is 4.28. The number of rotatable bonds is 6. The fraction of sp³-hybridized carbons (Fsp3) is 1.00. The highest BCUT2D eigenvalue weighted by Gasteiger charge is 2.32. The Hall–Kier alpha value is 0. The van der Waals surface area contributed by atoms with Gasteiger partial charge in [-0.1, -0.05) is 40.5 Å². The number of hydrogen-bond acceptors (Lipinski definition) is 0. The molecule has 78 valence electrons. The molecule has 0 heterocycles. The fourth-order valence-corrected chi connectivity index (χ4v) is 2.45. The molecular formula is C13H26. The van der Waals surface area contributed by atoms with Crippen LogP contribution in [0.4, 0.5) is 0 Å². The lowest BCUT2D eigenvalue weighted by Gasteiger charge is -2.21. The lowest BCUT2D eigenvalue weighted by atomic mass is 9.85. The second-order valence-electron chi connectivity index (χ2n) is 5.10. The molecule has 1 rings (SSSR count). The fourth-order valence-electron chi connectivity index (χ4n) is 2.45. The van der Waals surface area contributed by atoms with Crippen LogP contribution in [0, 0.1) is 23.7 Å². The minimum atomic E-state index is 0.944. The Bertz CT molecular complexity index is 139. The third-order valence-corrected chi connectivity index (χ3v) is 4.16. The molecule has 0 heteroatoms. The van der Waals surface area contributed by atoms with Crippen LogP contribution in [-0.2, 0) is 0 Å². The van der Waals surface area contributed by atoms with E-state index in [0.717, 1.165) is 23.7 Å². The zero-order valence-electron chi connectivity index (χ0n) is 9.84. The van der Waals surface area contributed by atoms with Gasteiger partial charge in [0, 0.05) is 0 Å². The molecule has 0 aliphatic heterocycles. The summed E-state index contributed by atoms with van der Waals surface area (Å²) in [6.07, 6.45) is 7.25. The van der Waals surface area contributed by atoms with Crippen molar-refractivity contribution in [3.8, 4) is 0 Å². The maximum absolute atomic E-state index is 2.42. The standard InChI is InChI=1S/C13H26/c1-5-10(3)12(6-2)7-8-13-9-11(13)4/h10-13H,5-9H2,1-4H3. The lowest BCUT2D eigenvalue weighted by molar-refractivity contribution is 0.304. The van der Waals surface area contributed by atoms with E-state index in [4.69, 9.17) is 0 Å². The van der Waals surface area contributed by atoms with Crippen molar-refractivity contribution in [2.75, 3.05) is 0 Å². The predicted molar refractivity (Wildman–Crippen MR) is 59.7 cm³/mol. The Labute approximate surface area is 84.1 Å². The lowest BCUT2D eigenvalue weighted by Crippen LogP contribution is -2.10. The summed E-state index contributed by atoms with van der Waals surface area (Å²) in [6, 6.07) is 0. The van der Waals surface area contributed by atoms with E-state index in [1.165, 1.54) is 32.1 Å². The maximum Gasteiger partial charge on any atom is -0.0386 e. The molecule has 0 N–H and O–H groups in total. The van der Waals surface area contributed by atoms with Gasteiger partial charge in [-0.15, -0.1) is 0 Å². The van der Waals surface area contributed by atoms with Crippen LogP contribution in [0.2, 0.25) is 0 Å². The van der Waals surface area contributed by atoms with E-state index in [9.17, 15) is 0 Å². The topological polar surface area (TPSA) is 0 Å². The minimum Gasteiger partial charge on any atom is -0.0651 e. The summed E-state index contributed by atoms with van der Waals surface area (Å²) in [7, 11) is 0. The van der Waals surface area contributed by atoms with Gasteiger partial charge in [-0.2, -0.15) is 0 Å². The number of hydrogen-bond donors (Lipinski definition) is 0. The van der Waals surface area contributed by atoms with Crippen LogP contribution in [-0.4, -0.2) is 0 Å². The summed E-state index contributed by atoms with van der Waals surface area (Å²) in [4.78, 5) is 0. The molecule has 0 spiro atoms. The van der Waals surface area contributed by atoms with Crippen molar-refractivity contribution < 1.29 is 0 Å². The van der Waals surface area contributed by atoms with Gasteiger partial charge in [-0.3, -0.25) is 0 Å². The van der Waals surface area contributed by atoms with Gasteiger partial charge >= 0.3 is 0 Å². The molecule has 0 amide bonds. The average molecular weight is 182 g/mol. The molecule has 0 aromatic rings. The predicted octanol–water partition coefficient (Wildman–Crippen LogP) is 4.49. The zero-order chi connectivity index (χ0) is 9.84. The molecule has 0 saturated heterocycles. The van der Waals surface area contributed by atoms with Crippen LogP contribution in [0.5, 0.6) is 0 Å². The van der Waals surface area contributed by atoms with Crippen LogP contribution in [0.3, 0.4) is 0 Å². The summed E-state index contributed by atoms with van der Waals surface area (Å²) < 4.78 is 0. The molecule has 1 aliphatic rings. The largest absolute Gasteiger partial charge is 0.0651 e. The zero-order valence-corrected chi connectivity index (χ0v) is 9.84. The molecule has 0 aromatic carbocycles. The molecular weight excluding hydrogens is 156 g/mol. The van der Waals surface area contributed by atoms with Gasteiger partial charge in [0.2, 0.25) is 0 Å². The van der Waals surface area contributed by atoms with Crippen molar-refractivity contribution in [1.82, 2.24) is 0 Å². The van der Waals surface area contributed by atoms with E-state index in [2.05, 4.69) is 27.7 Å². The third kappa shape index (κ3) is 3.32. The Morgan fingerprint density at radius 2 is 1.85 bits per heavy atom. The monoisotopic (exact) mass is 182 g/mol. The molecule has 1 saturated carbocycles. The van der Waals surface area contributed by atoms with E-state index in [1.54, 1.807) is 0 Å². The summed E-state index contributed by atoms with van der Waals surface area (Å²) in [6.45, 7) is 9.50. The van der Waals surface area contributed by atoms with E-state index in [0.29, 0.717) is 0 Å². The molecule has 13 heavy (non-hydrogen) atoms. The van der Waals surface area contributed by atoms with Crippen molar-refractivity contribution in [1.29, 1.82) is 0 Å². The molecule has 1 aliphatic carbocycles. The quantitative estimate of drug-likeness (QED) is 0.567. The first-order valence-electron chi connectivity index (χ1n) is 6.19. The first-order valence-corrected chi connectivity index (χ1v) is 6.19. The molecule has 0 radical (unpaired) electrons. The van der Waals surface area contributed by atoms with Crippen molar-refractivity contribution in [2.24, 2.45) is 23.7 Å². The highest BCUT2D eigenvalue weighted by Crippen LogP contribution is 2.42. The van der Waals surface area contributed by atoms with Crippen molar-refractivity contribution in [3.63, 3.8) is 0 Å². The van der Waals surface area contributed by atoms with Crippen LogP contribution in [0.25, 0.3) is 0 Å². The van der Waals surface area contributed by atoms with E-state index in [1.807, 2.05) is 0 Å². The Morgan fingerprint density at radius 1 is 1.23 bits per heavy atom. The van der Waals surface area contributed by atoms with Crippen molar-refractivity contribution in [2.45, 2.75) is 59.8 Å². The first-order chi connectivity index (χ1) is 6.19. The van der Waals surface area contributed by atoms with Gasteiger partial charge in [-0.25, -0.2) is 0 Å². The summed E-state index contributed by atoms with van der Waals surface area (Å²) in [5.41, 5.74) is 0. The van der Waals surface area contributed by atoms with Gasteiger partial charge in [0.1, 0.15) is 0 Å². The smallest absolute Gasteiger partial charge is 0.0386 e. The van der Waals surface area contributed by atoms with Crippen molar-refractivity contribution >= 4 is 0 Å². The third-order valence-electron chi connectivity index (χ3n) is 4.16. The first kappa shape index (κ1) is 11.1. The second kappa shape index (κ2) is 5.02. The molecule has 1 fully saturated rings. The van der Waals surface area contributed by atoms with Gasteiger partial charge in [0.05, 0.1) is 0 Å². The molecule has 0 nitrogen and oxygen atoms in total. The molecule has 4 unspecified atom stereocenters. The minimum absolute atomic E-state index is 0.944. The van der Waals surface area contributed by atoms with Crippen LogP contribution >= 0.6 is 0 Å². The SMILES string of the molecule is CCC(C)C(CC)CCC1CC1C. The maximum atomic E-state index is 2.42. The van der Waals surface area contributed by atoms with Gasteiger partial charge < -0.3 is 0 Å². The summed E-state index contributed by atoms with van der Waals surface area (Å²) in [5.74, 6) is 4.09. The highest BCUT2D eigenvalue weighted by atomic mass is 14.4. The normalized spacial score (nSPS) is 31.4. The summed E-state index contributed by atoms with van der Waals surface area (Å²) in [5, 5.41) is 0. The Morgan fingerprint density at radius 3 is 2.23 bits per heavy atom.